The van der Waals surface area contributed by atoms with Gasteiger partial charge in [-0.15, -0.1) is 12.4 Å². The smallest absolute Gasteiger partial charge is 0.240 e. The molecule has 0 spiro atoms. The Balaban J connectivity index is 0. The van der Waals surface area contributed by atoms with Crippen LogP contribution in [0, 0.1) is 5.41 Å². The molecule has 0 aliphatic carbocycles. The highest BCUT2D eigenvalue weighted by molar-refractivity contribution is 5.95. The fourth-order valence-electron chi connectivity index (χ4n) is 1.81. The van der Waals surface area contributed by atoms with Crippen LogP contribution in [0.15, 0.2) is 10.1 Å². The van der Waals surface area contributed by atoms with Crippen LogP contribution in [0.3, 0.4) is 0 Å². The molecule has 0 saturated heterocycles. The third kappa shape index (κ3) is 15.1. The Morgan fingerprint density at radius 1 is 1.25 bits per heavy atom. The van der Waals surface area contributed by atoms with E-state index in [9.17, 15) is 4.79 Å². The number of nitrogens with two attached hydrogens (primary N) is 2. The first-order valence-electron chi connectivity index (χ1n) is 8.24. The molecule has 7 N–H and O–H groups in total. The Morgan fingerprint density at radius 3 is 2.42 bits per heavy atom. The molecule has 140 valence electrons. The van der Waals surface area contributed by atoms with E-state index in [0.29, 0.717) is 13.0 Å². The highest BCUT2D eigenvalue weighted by Gasteiger charge is 2.10. The number of carbonyl (C=O) groups is 1. The number of nitrogens with zero attached hydrogens (tertiary/aromatic N) is 2. The van der Waals surface area contributed by atoms with Gasteiger partial charge in [-0.2, -0.15) is 5.10 Å². The quantitative estimate of drug-likeness (QED) is 0.268. The number of guanidine groups is 2. The first-order valence-corrected chi connectivity index (χ1v) is 8.24. The molecule has 0 atom stereocenters. The molecule has 9 heteroatoms. The molecule has 0 fully saturated rings. The molecule has 8 nitrogen and oxygen atoms in total. The molecular formula is C15H32ClN7O. The van der Waals surface area contributed by atoms with E-state index in [2.05, 4.69) is 34.7 Å². The molecule has 0 bridgehead atoms. The summed E-state index contributed by atoms with van der Waals surface area (Å²) in [4.78, 5) is 14.6. The largest absolute Gasteiger partial charge is 0.370 e. The zero-order chi connectivity index (χ0) is 17.5. The number of hydrogen-bond donors (Lipinski definition) is 5. The maximum atomic E-state index is 10.7. The van der Waals surface area contributed by atoms with Gasteiger partial charge >= 0.3 is 0 Å². The molecule has 24 heavy (non-hydrogen) atoms. The van der Waals surface area contributed by atoms with Crippen molar-refractivity contribution in [1.82, 2.24) is 10.7 Å². The molecule has 0 aromatic rings. The lowest BCUT2D eigenvalue weighted by Crippen LogP contribution is -2.40. The zero-order valence-electron chi connectivity index (χ0n) is 14.7. The molecule has 0 aromatic heterocycles. The van der Waals surface area contributed by atoms with Crippen LogP contribution in [-0.2, 0) is 4.79 Å². The average Bonchev–Trinajstić information content (AvgIpc) is 2.50. The second kappa shape index (κ2) is 16.0. The van der Waals surface area contributed by atoms with Crippen LogP contribution in [0.5, 0.6) is 0 Å². The molecular weight excluding hydrogens is 330 g/mol. The predicted molar refractivity (Wildman–Crippen MR) is 103 cm³/mol. The first kappa shape index (κ1) is 24.4. The topological polar surface area (TPSA) is 142 Å². The lowest BCUT2D eigenvalue weighted by molar-refractivity contribution is -0.121. The van der Waals surface area contributed by atoms with Gasteiger partial charge in [0, 0.05) is 18.7 Å². The number of nitrogens with one attached hydrogen (secondary N) is 3. The van der Waals surface area contributed by atoms with Crippen LogP contribution < -0.4 is 22.2 Å². The SMILES string of the molecule is CCCCCC1=NNC(=O)CC1.CCCCN=C(N)NC(=N)N.Cl. The summed E-state index contributed by atoms with van der Waals surface area (Å²) < 4.78 is 0. The van der Waals surface area contributed by atoms with Gasteiger partial charge in [0.1, 0.15) is 0 Å². The normalized spacial score (nSPS) is 13.7. The summed E-state index contributed by atoms with van der Waals surface area (Å²) in [5.41, 5.74) is 14.0. The van der Waals surface area contributed by atoms with E-state index in [-0.39, 0.29) is 30.2 Å². The van der Waals surface area contributed by atoms with Crippen LogP contribution in [0.1, 0.15) is 65.2 Å². The summed E-state index contributed by atoms with van der Waals surface area (Å²) in [7, 11) is 0. The Morgan fingerprint density at radius 2 is 1.92 bits per heavy atom. The van der Waals surface area contributed by atoms with E-state index in [4.69, 9.17) is 16.9 Å². The molecule has 1 aliphatic rings. The maximum absolute atomic E-state index is 10.7. The molecule has 0 radical (unpaired) electrons. The minimum absolute atomic E-state index is 0. The molecule has 0 unspecified atom stereocenters. The Bertz CT molecular complexity index is 424. The van der Waals surface area contributed by atoms with E-state index in [0.717, 1.165) is 31.4 Å². The van der Waals surface area contributed by atoms with Gasteiger partial charge in [0.15, 0.2) is 11.9 Å². The van der Waals surface area contributed by atoms with E-state index < -0.39 is 0 Å². The number of amides is 1. The van der Waals surface area contributed by atoms with Gasteiger partial charge < -0.3 is 11.5 Å². The number of carbonyl (C=O) groups excluding carboxylic acids is 1. The zero-order valence-corrected chi connectivity index (χ0v) is 15.5. The third-order valence-corrected chi connectivity index (χ3v) is 3.10. The average molecular weight is 362 g/mol. The van der Waals surface area contributed by atoms with Gasteiger partial charge in [-0.3, -0.25) is 20.5 Å². The first-order chi connectivity index (χ1) is 11.0. The number of hydrogen-bond acceptors (Lipinski definition) is 4. The van der Waals surface area contributed by atoms with Crippen LogP contribution in [0.4, 0.5) is 0 Å². The number of unbranched alkanes of at least 4 members (excludes halogenated alkanes) is 3. The molecule has 1 rings (SSSR count). The number of halogens is 1. The van der Waals surface area contributed by atoms with Crippen LogP contribution in [0.25, 0.3) is 0 Å². The highest BCUT2D eigenvalue weighted by Crippen LogP contribution is 2.07. The molecule has 0 saturated carbocycles. The van der Waals surface area contributed by atoms with E-state index in [1.165, 1.54) is 19.3 Å². The summed E-state index contributed by atoms with van der Waals surface area (Å²) >= 11 is 0. The van der Waals surface area contributed by atoms with Gasteiger partial charge in [0.25, 0.3) is 0 Å². The summed E-state index contributed by atoms with van der Waals surface area (Å²) in [6.45, 7) is 4.94. The van der Waals surface area contributed by atoms with E-state index in [1.54, 1.807) is 0 Å². The Hall–Kier alpha value is -1.83. The van der Waals surface area contributed by atoms with Crippen LogP contribution in [0.2, 0.25) is 0 Å². The van der Waals surface area contributed by atoms with Crippen molar-refractivity contribution >= 4 is 35.9 Å². The Kier molecular flexibility index (Phi) is 16.3. The molecule has 1 heterocycles. The van der Waals surface area contributed by atoms with Gasteiger partial charge in [-0.1, -0.05) is 33.1 Å². The molecule has 0 aromatic carbocycles. The second-order valence-corrected chi connectivity index (χ2v) is 5.33. The lowest BCUT2D eigenvalue weighted by Gasteiger charge is -2.10. The van der Waals surface area contributed by atoms with Crippen molar-refractivity contribution in [2.75, 3.05) is 6.54 Å². The summed E-state index contributed by atoms with van der Waals surface area (Å²) in [6.07, 6.45) is 8.30. The maximum Gasteiger partial charge on any atom is 0.240 e. The number of aliphatic imine (C=N–C) groups is 1. The minimum Gasteiger partial charge on any atom is -0.370 e. The standard InChI is InChI=1S/C9H16N2O.C6H15N5.ClH/c1-2-3-4-5-8-6-7-9(12)11-10-8;1-2-3-4-10-6(9)11-5(7)8;/h2-7H2,1H3,(H,11,12);2-4H2,1H3,(H6,7,8,9,10,11);1H. The fourth-order valence-corrected chi connectivity index (χ4v) is 1.81. The second-order valence-electron chi connectivity index (χ2n) is 5.33. The van der Waals surface area contributed by atoms with Crippen molar-refractivity contribution in [3.8, 4) is 0 Å². The predicted octanol–water partition coefficient (Wildman–Crippen LogP) is 1.84. The van der Waals surface area contributed by atoms with Crippen molar-refractivity contribution < 1.29 is 4.79 Å². The van der Waals surface area contributed by atoms with Crippen LogP contribution in [-0.4, -0.2) is 30.1 Å². The van der Waals surface area contributed by atoms with Crippen molar-refractivity contribution in [3.63, 3.8) is 0 Å². The van der Waals surface area contributed by atoms with Crippen molar-refractivity contribution in [1.29, 1.82) is 5.41 Å². The summed E-state index contributed by atoms with van der Waals surface area (Å²) in [6, 6.07) is 0. The summed E-state index contributed by atoms with van der Waals surface area (Å²) in [5, 5.41) is 13.2. The van der Waals surface area contributed by atoms with Gasteiger partial charge in [-0.05, 0) is 25.7 Å². The monoisotopic (exact) mass is 361 g/mol. The van der Waals surface area contributed by atoms with Gasteiger partial charge in [0.05, 0.1) is 0 Å². The van der Waals surface area contributed by atoms with Crippen LogP contribution >= 0.6 is 12.4 Å². The van der Waals surface area contributed by atoms with Gasteiger partial charge in [0.2, 0.25) is 5.91 Å². The number of rotatable bonds is 7. The molecule has 1 amide bonds. The fraction of sp³-hybridized carbons (Fsp3) is 0.733. The van der Waals surface area contributed by atoms with E-state index in [1.807, 2.05) is 0 Å². The summed E-state index contributed by atoms with van der Waals surface area (Å²) in [5.74, 6) is 0.0861. The van der Waals surface area contributed by atoms with Crippen molar-refractivity contribution in [2.24, 2.45) is 21.6 Å². The van der Waals surface area contributed by atoms with Crippen molar-refractivity contribution in [3.05, 3.63) is 0 Å². The minimum atomic E-state index is -0.178. The van der Waals surface area contributed by atoms with Gasteiger partial charge in [-0.25, -0.2) is 5.43 Å². The lowest BCUT2D eigenvalue weighted by atomic mass is 10.1. The van der Waals surface area contributed by atoms with E-state index >= 15 is 0 Å². The third-order valence-electron chi connectivity index (χ3n) is 3.10. The number of hydrazone groups is 1. The van der Waals surface area contributed by atoms with Crippen molar-refractivity contribution in [2.45, 2.75) is 65.2 Å². The Labute approximate surface area is 150 Å². The molecule has 1 aliphatic heterocycles. The highest BCUT2D eigenvalue weighted by atomic mass is 35.5.